The standard InChI is InChI=1S/C16H14ClNO4/c17-13-5-7-14(8-6-13)18-15(20)10-22-16(21)12-3-1-11(9-19)2-4-12/h1-8,19H,9-10H2,(H,18,20). The van der Waals surface area contributed by atoms with Crippen molar-refractivity contribution in [1.29, 1.82) is 0 Å². The van der Waals surface area contributed by atoms with Crippen molar-refractivity contribution in [3.8, 4) is 0 Å². The first kappa shape index (κ1) is 16.0. The second kappa shape index (κ2) is 7.59. The number of ether oxygens (including phenoxy) is 1. The number of anilines is 1. The molecule has 0 radical (unpaired) electrons. The number of carbonyl (C=O) groups is 2. The summed E-state index contributed by atoms with van der Waals surface area (Å²) < 4.78 is 4.92. The van der Waals surface area contributed by atoms with E-state index in [1.54, 1.807) is 36.4 Å². The summed E-state index contributed by atoms with van der Waals surface area (Å²) >= 11 is 5.74. The zero-order chi connectivity index (χ0) is 15.9. The minimum Gasteiger partial charge on any atom is -0.452 e. The first-order valence-electron chi connectivity index (χ1n) is 6.51. The first-order valence-corrected chi connectivity index (χ1v) is 6.88. The van der Waals surface area contributed by atoms with E-state index >= 15 is 0 Å². The van der Waals surface area contributed by atoms with E-state index in [0.29, 0.717) is 21.8 Å². The van der Waals surface area contributed by atoms with E-state index in [2.05, 4.69) is 5.32 Å². The highest BCUT2D eigenvalue weighted by atomic mass is 35.5. The third kappa shape index (κ3) is 4.58. The fraction of sp³-hybridized carbons (Fsp3) is 0.125. The van der Waals surface area contributed by atoms with Crippen LogP contribution in [-0.4, -0.2) is 23.6 Å². The van der Waals surface area contributed by atoms with Gasteiger partial charge in [0, 0.05) is 10.7 Å². The highest BCUT2D eigenvalue weighted by molar-refractivity contribution is 6.30. The molecule has 5 nitrogen and oxygen atoms in total. The van der Waals surface area contributed by atoms with Crippen molar-refractivity contribution in [2.45, 2.75) is 6.61 Å². The summed E-state index contributed by atoms with van der Waals surface area (Å²) in [5.41, 5.74) is 1.58. The lowest BCUT2D eigenvalue weighted by Gasteiger charge is -2.07. The van der Waals surface area contributed by atoms with Crippen LogP contribution in [0.2, 0.25) is 5.02 Å². The quantitative estimate of drug-likeness (QED) is 0.831. The van der Waals surface area contributed by atoms with Gasteiger partial charge in [-0.15, -0.1) is 0 Å². The molecule has 6 heteroatoms. The largest absolute Gasteiger partial charge is 0.452 e. The zero-order valence-corrected chi connectivity index (χ0v) is 12.3. The van der Waals surface area contributed by atoms with Crippen molar-refractivity contribution < 1.29 is 19.4 Å². The predicted molar refractivity (Wildman–Crippen MR) is 82.7 cm³/mol. The molecule has 0 aliphatic rings. The normalized spacial score (nSPS) is 10.1. The van der Waals surface area contributed by atoms with E-state index in [-0.39, 0.29) is 13.2 Å². The maximum Gasteiger partial charge on any atom is 0.338 e. The van der Waals surface area contributed by atoms with E-state index in [1.807, 2.05) is 0 Å². The van der Waals surface area contributed by atoms with E-state index in [4.69, 9.17) is 21.4 Å². The Labute approximate surface area is 132 Å². The number of carbonyl (C=O) groups excluding carboxylic acids is 2. The lowest BCUT2D eigenvalue weighted by atomic mass is 10.1. The zero-order valence-electron chi connectivity index (χ0n) is 11.6. The lowest BCUT2D eigenvalue weighted by molar-refractivity contribution is -0.119. The van der Waals surface area contributed by atoms with Crippen molar-refractivity contribution in [2.75, 3.05) is 11.9 Å². The van der Waals surface area contributed by atoms with Gasteiger partial charge in [0.2, 0.25) is 0 Å². The molecule has 0 unspecified atom stereocenters. The fourth-order valence-electron chi connectivity index (χ4n) is 1.69. The second-order valence-corrected chi connectivity index (χ2v) is 4.92. The Balaban J connectivity index is 1.84. The Hall–Kier alpha value is -2.37. The number of hydrogen-bond donors (Lipinski definition) is 2. The van der Waals surface area contributed by atoms with Crippen LogP contribution in [0.4, 0.5) is 5.69 Å². The summed E-state index contributed by atoms with van der Waals surface area (Å²) in [7, 11) is 0. The average Bonchev–Trinajstić information content (AvgIpc) is 2.55. The third-order valence-corrected chi connectivity index (χ3v) is 3.09. The number of aliphatic hydroxyl groups is 1. The van der Waals surface area contributed by atoms with Crippen molar-refractivity contribution in [2.24, 2.45) is 0 Å². The minimum atomic E-state index is -0.601. The van der Waals surface area contributed by atoms with Crippen LogP contribution < -0.4 is 5.32 Å². The van der Waals surface area contributed by atoms with Crippen molar-refractivity contribution >= 4 is 29.2 Å². The number of hydrogen-bond acceptors (Lipinski definition) is 4. The topological polar surface area (TPSA) is 75.6 Å². The molecule has 0 aliphatic carbocycles. The molecule has 0 atom stereocenters. The Morgan fingerprint density at radius 2 is 1.68 bits per heavy atom. The van der Waals surface area contributed by atoms with Crippen LogP contribution in [0.5, 0.6) is 0 Å². The summed E-state index contributed by atoms with van der Waals surface area (Å²) in [6.45, 7) is -0.484. The number of halogens is 1. The highest BCUT2D eigenvalue weighted by Crippen LogP contribution is 2.13. The molecule has 2 aromatic carbocycles. The number of nitrogens with one attached hydrogen (secondary N) is 1. The molecule has 0 aliphatic heterocycles. The number of esters is 1. The molecule has 0 aromatic heterocycles. The molecular weight excluding hydrogens is 306 g/mol. The van der Waals surface area contributed by atoms with Crippen LogP contribution in [0.25, 0.3) is 0 Å². The van der Waals surface area contributed by atoms with E-state index in [1.165, 1.54) is 12.1 Å². The highest BCUT2D eigenvalue weighted by Gasteiger charge is 2.10. The summed E-state index contributed by atoms with van der Waals surface area (Å²) in [6.07, 6.45) is 0. The molecule has 0 fully saturated rings. The first-order chi connectivity index (χ1) is 10.6. The fourth-order valence-corrected chi connectivity index (χ4v) is 1.82. The molecule has 0 saturated carbocycles. The van der Waals surface area contributed by atoms with Crippen molar-refractivity contribution in [1.82, 2.24) is 0 Å². The number of amides is 1. The molecule has 0 saturated heterocycles. The second-order valence-electron chi connectivity index (χ2n) is 4.49. The smallest absolute Gasteiger partial charge is 0.338 e. The average molecular weight is 320 g/mol. The number of benzene rings is 2. The van der Waals surface area contributed by atoms with Gasteiger partial charge in [-0.1, -0.05) is 23.7 Å². The maximum absolute atomic E-state index is 11.8. The van der Waals surface area contributed by atoms with Crippen LogP contribution in [-0.2, 0) is 16.1 Å². The molecule has 2 rings (SSSR count). The Bertz CT molecular complexity index is 653. The predicted octanol–water partition coefficient (Wildman–Crippen LogP) is 2.63. The van der Waals surface area contributed by atoms with Gasteiger partial charge in [0.15, 0.2) is 6.61 Å². The van der Waals surface area contributed by atoms with Crippen molar-refractivity contribution in [3.05, 3.63) is 64.7 Å². The van der Waals surface area contributed by atoms with E-state index in [9.17, 15) is 9.59 Å². The van der Waals surface area contributed by atoms with Crippen LogP contribution >= 0.6 is 11.6 Å². The Morgan fingerprint density at radius 3 is 2.27 bits per heavy atom. The number of aliphatic hydroxyl groups excluding tert-OH is 1. The van der Waals surface area contributed by atoms with Gasteiger partial charge in [-0.25, -0.2) is 4.79 Å². The lowest BCUT2D eigenvalue weighted by Crippen LogP contribution is -2.20. The van der Waals surface area contributed by atoms with Gasteiger partial charge in [0.25, 0.3) is 5.91 Å². The molecule has 2 aromatic rings. The van der Waals surface area contributed by atoms with Gasteiger partial charge in [0.1, 0.15) is 0 Å². The van der Waals surface area contributed by atoms with Gasteiger partial charge in [-0.2, -0.15) is 0 Å². The van der Waals surface area contributed by atoms with Crippen molar-refractivity contribution in [3.63, 3.8) is 0 Å². The summed E-state index contributed by atoms with van der Waals surface area (Å²) in [5.74, 6) is -1.04. The van der Waals surface area contributed by atoms with E-state index < -0.39 is 11.9 Å². The summed E-state index contributed by atoms with van der Waals surface area (Å²) in [5, 5.41) is 12.1. The van der Waals surface area contributed by atoms with Gasteiger partial charge < -0.3 is 15.2 Å². The Kier molecular flexibility index (Phi) is 5.52. The maximum atomic E-state index is 11.8. The Morgan fingerprint density at radius 1 is 1.05 bits per heavy atom. The SMILES string of the molecule is O=C(COC(=O)c1ccc(CO)cc1)Nc1ccc(Cl)cc1. The molecule has 2 N–H and O–H groups in total. The molecular formula is C16H14ClNO4. The summed E-state index contributed by atoms with van der Waals surface area (Å²) in [6, 6.07) is 12.9. The molecule has 0 heterocycles. The molecule has 1 amide bonds. The van der Waals surface area contributed by atoms with Gasteiger partial charge >= 0.3 is 5.97 Å². The van der Waals surface area contributed by atoms with Crippen LogP contribution in [0.15, 0.2) is 48.5 Å². The summed E-state index contributed by atoms with van der Waals surface area (Å²) in [4.78, 5) is 23.4. The van der Waals surface area contributed by atoms with Crippen LogP contribution in [0, 0.1) is 0 Å². The molecule has 0 bridgehead atoms. The van der Waals surface area contributed by atoms with Crippen LogP contribution in [0.1, 0.15) is 15.9 Å². The van der Waals surface area contributed by atoms with Gasteiger partial charge in [-0.3, -0.25) is 4.79 Å². The van der Waals surface area contributed by atoms with Crippen LogP contribution in [0.3, 0.4) is 0 Å². The molecule has 0 spiro atoms. The molecule has 22 heavy (non-hydrogen) atoms. The van der Waals surface area contributed by atoms with Gasteiger partial charge in [0.05, 0.1) is 12.2 Å². The van der Waals surface area contributed by atoms with E-state index in [0.717, 1.165) is 0 Å². The minimum absolute atomic E-state index is 0.0984. The molecule has 114 valence electrons. The number of rotatable bonds is 5. The van der Waals surface area contributed by atoms with Gasteiger partial charge in [-0.05, 0) is 42.0 Å². The monoisotopic (exact) mass is 319 g/mol. The third-order valence-electron chi connectivity index (χ3n) is 2.83.